The predicted octanol–water partition coefficient (Wildman–Crippen LogP) is 5.92. The van der Waals surface area contributed by atoms with Crippen molar-refractivity contribution in [2.45, 2.75) is 72.1 Å². The zero-order chi connectivity index (χ0) is 36.2. The lowest BCUT2D eigenvalue weighted by Crippen LogP contribution is -2.44. The SMILES string of the molecule is CCN(C(=O)c1cc(F)ccc1Oc1nncnc1N1CC2=C(CN(C(=O)C[C@@H](Cc3cccc(Br)c3)NC(=O)OC(C)(C)C)C2)C1)C(C)C. The van der Waals surface area contributed by atoms with Crippen molar-refractivity contribution in [3.63, 3.8) is 0 Å². The Hall–Kier alpha value is -4.59. The molecule has 3 aromatic rings. The lowest BCUT2D eigenvalue weighted by Gasteiger charge is -2.27. The van der Waals surface area contributed by atoms with Gasteiger partial charge in [-0.15, -0.1) is 10.2 Å². The summed E-state index contributed by atoms with van der Waals surface area (Å²) in [6.07, 6.45) is 1.31. The van der Waals surface area contributed by atoms with Crippen LogP contribution in [0.4, 0.5) is 15.0 Å². The standard InChI is InChI=1S/C36H43BrFN7O5/c1-7-45(22(2)3)34(47)29-15-27(38)11-12-30(29)49-33-32(39-21-40-42-33)44-19-24-17-43(18-25(24)20-44)31(46)16-28(41-35(48)50-36(4,5)6)14-23-9-8-10-26(37)13-23/h8-13,15,21-22,28H,7,14,16-20H2,1-6H3,(H,41,48)/t28-/m1/s1. The molecule has 0 radical (unpaired) electrons. The van der Waals surface area contributed by atoms with E-state index in [2.05, 4.69) is 36.4 Å². The number of carbonyl (C=O) groups excluding carboxylic acids is 3. The molecule has 2 aliphatic rings. The summed E-state index contributed by atoms with van der Waals surface area (Å²) in [4.78, 5) is 49.5. The number of nitrogens with zero attached hydrogens (tertiary/aromatic N) is 6. The average Bonchev–Trinajstić information content (AvgIpc) is 3.61. The van der Waals surface area contributed by atoms with Crippen LogP contribution in [0.1, 0.15) is 63.9 Å². The van der Waals surface area contributed by atoms with Gasteiger partial charge in [-0.25, -0.2) is 14.2 Å². The third kappa shape index (κ3) is 9.14. The third-order valence-corrected chi connectivity index (χ3v) is 8.86. The normalized spacial score (nSPS) is 14.9. The highest BCUT2D eigenvalue weighted by atomic mass is 79.9. The molecule has 2 aromatic carbocycles. The van der Waals surface area contributed by atoms with E-state index in [1.54, 1.807) is 30.6 Å². The van der Waals surface area contributed by atoms with Crippen LogP contribution in [0.25, 0.3) is 0 Å². The maximum absolute atomic E-state index is 14.3. The number of rotatable bonds is 11. The molecular formula is C36H43BrFN7O5. The second kappa shape index (κ2) is 15.5. The second-order valence-electron chi connectivity index (χ2n) is 13.7. The molecule has 0 fully saturated rings. The zero-order valence-corrected chi connectivity index (χ0v) is 30.8. The molecule has 5 rings (SSSR count). The van der Waals surface area contributed by atoms with Crippen LogP contribution in [0.5, 0.6) is 11.6 Å². The molecule has 1 N–H and O–H groups in total. The molecule has 0 aliphatic carbocycles. The number of aromatic nitrogens is 3. The topological polar surface area (TPSA) is 130 Å². The van der Waals surface area contributed by atoms with E-state index in [1.807, 2.05) is 49.9 Å². The molecule has 266 valence electrons. The Labute approximate surface area is 300 Å². The molecule has 0 bridgehead atoms. The van der Waals surface area contributed by atoms with E-state index in [1.165, 1.54) is 18.5 Å². The van der Waals surface area contributed by atoms with Crippen molar-refractivity contribution in [2.24, 2.45) is 0 Å². The first kappa shape index (κ1) is 36.7. The molecule has 14 heteroatoms. The van der Waals surface area contributed by atoms with E-state index in [9.17, 15) is 18.8 Å². The van der Waals surface area contributed by atoms with E-state index in [4.69, 9.17) is 9.47 Å². The number of halogens is 2. The summed E-state index contributed by atoms with van der Waals surface area (Å²) in [5.74, 6) is -0.349. The van der Waals surface area contributed by atoms with E-state index in [0.29, 0.717) is 45.0 Å². The van der Waals surface area contributed by atoms with Crippen LogP contribution in [0.2, 0.25) is 0 Å². The minimum absolute atomic E-state index is 0.0766. The van der Waals surface area contributed by atoms with Gasteiger partial charge in [0.2, 0.25) is 5.91 Å². The van der Waals surface area contributed by atoms with E-state index >= 15 is 0 Å². The van der Waals surface area contributed by atoms with Crippen LogP contribution in [0.15, 0.2) is 64.4 Å². The molecule has 1 aromatic heterocycles. The summed E-state index contributed by atoms with van der Waals surface area (Å²) in [5, 5.41) is 11.0. The molecule has 12 nitrogen and oxygen atoms in total. The number of amides is 3. The van der Waals surface area contributed by atoms with E-state index < -0.39 is 23.6 Å². The van der Waals surface area contributed by atoms with Crippen molar-refractivity contribution in [3.05, 3.63) is 81.4 Å². The fraction of sp³-hybridized carbons (Fsp3) is 0.444. The van der Waals surface area contributed by atoms with Crippen molar-refractivity contribution >= 4 is 39.7 Å². The van der Waals surface area contributed by atoms with Crippen molar-refractivity contribution in [1.29, 1.82) is 0 Å². The van der Waals surface area contributed by atoms with Crippen LogP contribution >= 0.6 is 15.9 Å². The maximum Gasteiger partial charge on any atom is 0.407 e. The Kier molecular flexibility index (Phi) is 11.4. The molecule has 0 unspecified atom stereocenters. The lowest BCUT2D eigenvalue weighted by atomic mass is 10.0. The van der Waals surface area contributed by atoms with Gasteiger partial charge in [-0.05, 0) is 95.0 Å². The Balaban J connectivity index is 1.25. The van der Waals surface area contributed by atoms with Gasteiger partial charge in [-0.2, -0.15) is 0 Å². The Morgan fingerprint density at radius 3 is 2.42 bits per heavy atom. The smallest absolute Gasteiger partial charge is 0.407 e. The molecular weight excluding hydrogens is 709 g/mol. The van der Waals surface area contributed by atoms with Gasteiger partial charge in [-0.3, -0.25) is 9.59 Å². The summed E-state index contributed by atoms with van der Waals surface area (Å²) in [6.45, 7) is 13.3. The molecule has 0 saturated carbocycles. The number of anilines is 1. The summed E-state index contributed by atoms with van der Waals surface area (Å²) in [5.41, 5.74) is 2.54. The number of ether oxygens (including phenoxy) is 2. The highest BCUT2D eigenvalue weighted by Crippen LogP contribution is 2.35. The monoisotopic (exact) mass is 751 g/mol. The van der Waals surface area contributed by atoms with Crippen LogP contribution in [0.3, 0.4) is 0 Å². The van der Waals surface area contributed by atoms with E-state index in [0.717, 1.165) is 27.2 Å². The highest BCUT2D eigenvalue weighted by Gasteiger charge is 2.35. The molecule has 0 saturated heterocycles. The number of hydrogen-bond acceptors (Lipinski definition) is 9. The van der Waals surface area contributed by atoms with Gasteiger partial charge in [0.1, 0.15) is 23.5 Å². The fourth-order valence-electron chi connectivity index (χ4n) is 6.15. The average molecular weight is 753 g/mol. The summed E-state index contributed by atoms with van der Waals surface area (Å²) in [7, 11) is 0. The zero-order valence-electron chi connectivity index (χ0n) is 29.2. The molecule has 3 amide bonds. The van der Waals surface area contributed by atoms with Crippen molar-refractivity contribution in [1.82, 2.24) is 30.3 Å². The first-order valence-corrected chi connectivity index (χ1v) is 17.4. The molecule has 3 heterocycles. The number of alkyl carbamates (subject to hydrolysis) is 1. The summed E-state index contributed by atoms with van der Waals surface area (Å²) in [6, 6.07) is 11.0. The lowest BCUT2D eigenvalue weighted by molar-refractivity contribution is -0.130. The first-order chi connectivity index (χ1) is 23.7. The van der Waals surface area contributed by atoms with Gasteiger partial charge in [0.05, 0.1) is 5.56 Å². The Bertz CT molecular complexity index is 1760. The largest absolute Gasteiger partial charge is 0.444 e. The van der Waals surface area contributed by atoms with Crippen LogP contribution < -0.4 is 15.0 Å². The van der Waals surface area contributed by atoms with Crippen LogP contribution in [-0.2, 0) is 16.0 Å². The van der Waals surface area contributed by atoms with Crippen LogP contribution in [0, 0.1) is 5.82 Å². The first-order valence-electron chi connectivity index (χ1n) is 16.6. The van der Waals surface area contributed by atoms with Gasteiger partial charge in [0.15, 0.2) is 5.82 Å². The molecule has 50 heavy (non-hydrogen) atoms. The minimum Gasteiger partial charge on any atom is -0.444 e. The molecule has 1 atom stereocenters. The predicted molar refractivity (Wildman–Crippen MR) is 190 cm³/mol. The number of benzene rings is 2. The number of hydrogen-bond donors (Lipinski definition) is 1. The number of nitrogens with one attached hydrogen (secondary N) is 1. The van der Waals surface area contributed by atoms with Gasteiger partial charge in [-0.1, -0.05) is 28.1 Å². The van der Waals surface area contributed by atoms with Gasteiger partial charge in [0, 0.05) is 55.7 Å². The van der Waals surface area contributed by atoms with E-state index in [-0.39, 0.29) is 41.5 Å². The van der Waals surface area contributed by atoms with Crippen molar-refractivity contribution in [3.8, 4) is 11.6 Å². The van der Waals surface area contributed by atoms with Crippen molar-refractivity contribution < 1.29 is 28.2 Å². The molecule has 0 spiro atoms. The Morgan fingerprint density at radius 2 is 1.78 bits per heavy atom. The number of carbonyl (C=O) groups is 3. The molecule has 2 aliphatic heterocycles. The van der Waals surface area contributed by atoms with Gasteiger partial charge in [0.25, 0.3) is 11.8 Å². The Morgan fingerprint density at radius 1 is 1.06 bits per heavy atom. The quantitative estimate of drug-likeness (QED) is 0.237. The summed E-state index contributed by atoms with van der Waals surface area (Å²) < 4.78 is 26.8. The van der Waals surface area contributed by atoms with Crippen molar-refractivity contribution in [2.75, 3.05) is 37.6 Å². The highest BCUT2D eigenvalue weighted by molar-refractivity contribution is 9.10. The summed E-state index contributed by atoms with van der Waals surface area (Å²) >= 11 is 3.50. The third-order valence-electron chi connectivity index (χ3n) is 8.37. The fourth-order valence-corrected chi connectivity index (χ4v) is 6.59. The van der Waals surface area contributed by atoms with Gasteiger partial charge < -0.3 is 29.5 Å². The van der Waals surface area contributed by atoms with Gasteiger partial charge >= 0.3 is 6.09 Å². The van der Waals surface area contributed by atoms with Crippen LogP contribution in [-0.4, -0.2) is 93.3 Å². The maximum atomic E-state index is 14.3. The minimum atomic E-state index is -0.674. The second-order valence-corrected chi connectivity index (χ2v) is 14.6.